The Morgan fingerprint density at radius 1 is 1.02 bits per heavy atom. The number of nitrogens with two attached hydrogens (primary N) is 1. The molecule has 2 aromatic carbocycles. The second-order valence-electron chi connectivity index (χ2n) is 12.1. The zero-order valence-corrected chi connectivity index (χ0v) is 28.6. The lowest BCUT2D eigenvalue weighted by Gasteiger charge is -2.19. The SMILES string of the molecule is C=Cc1cc(C(=O)Nc2ccc(C(=N)NC(=O)OC(C)OC(=O)C(N)C(C)C)cc2)c(-c2ccc(C(=O)NCC3CC3)nc2C(=O)O)cc1OC. The van der Waals surface area contributed by atoms with E-state index in [1.54, 1.807) is 13.8 Å². The lowest BCUT2D eigenvalue weighted by Crippen LogP contribution is -2.40. The van der Waals surface area contributed by atoms with Gasteiger partial charge in [0.2, 0.25) is 6.29 Å². The van der Waals surface area contributed by atoms with Crippen LogP contribution in [0.15, 0.2) is 55.1 Å². The first-order valence-corrected chi connectivity index (χ1v) is 16.0. The minimum atomic E-state index is -1.40. The van der Waals surface area contributed by atoms with Crippen molar-refractivity contribution in [2.75, 3.05) is 19.0 Å². The highest BCUT2D eigenvalue weighted by molar-refractivity contribution is 6.11. The number of nitrogens with one attached hydrogen (secondary N) is 4. The number of esters is 1. The third-order valence-electron chi connectivity index (χ3n) is 7.91. The Hall–Kier alpha value is -6.09. The van der Waals surface area contributed by atoms with Crippen LogP contribution in [0.4, 0.5) is 10.5 Å². The van der Waals surface area contributed by atoms with Gasteiger partial charge in [-0.2, -0.15) is 0 Å². The largest absolute Gasteiger partial charge is 0.496 e. The molecule has 0 radical (unpaired) electrons. The van der Waals surface area contributed by atoms with Crippen LogP contribution in [-0.4, -0.2) is 71.8 Å². The van der Waals surface area contributed by atoms with Gasteiger partial charge in [-0.3, -0.25) is 25.1 Å². The molecule has 4 rings (SSSR count). The van der Waals surface area contributed by atoms with E-state index in [-0.39, 0.29) is 39.7 Å². The number of carbonyl (C=O) groups excluding carboxylic acids is 4. The van der Waals surface area contributed by atoms with Crippen LogP contribution in [0.1, 0.15) is 76.1 Å². The number of ether oxygens (including phenoxy) is 3. The Morgan fingerprint density at radius 2 is 1.71 bits per heavy atom. The van der Waals surface area contributed by atoms with Gasteiger partial charge in [-0.1, -0.05) is 26.5 Å². The van der Waals surface area contributed by atoms with Gasteiger partial charge in [-0.25, -0.2) is 14.6 Å². The number of pyridine rings is 1. The Kier molecular flexibility index (Phi) is 12.2. The molecule has 1 aliphatic carbocycles. The van der Waals surface area contributed by atoms with Crippen LogP contribution in [0.25, 0.3) is 17.2 Å². The normalized spacial score (nSPS) is 13.3. The maximum atomic E-state index is 13.7. The summed E-state index contributed by atoms with van der Waals surface area (Å²) >= 11 is 0. The lowest BCUT2D eigenvalue weighted by molar-refractivity contribution is -0.167. The van der Waals surface area contributed by atoms with Crippen molar-refractivity contribution < 1.29 is 43.3 Å². The van der Waals surface area contributed by atoms with Gasteiger partial charge in [0.05, 0.1) is 7.11 Å². The molecule has 1 fully saturated rings. The number of anilines is 1. The van der Waals surface area contributed by atoms with Crippen LogP contribution in [0.2, 0.25) is 0 Å². The number of amides is 3. The number of hydrogen-bond acceptors (Lipinski definition) is 11. The first-order chi connectivity index (χ1) is 24.2. The van der Waals surface area contributed by atoms with Crippen molar-refractivity contribution in [3.05, 3.63) is 83.2 Å². The molecule has 2 unspecified atom stereocenters. The van der Waals surface area contributed by atoms with Gasteiger partial charge in [0.25, 0.3) is 11.8 Å². The monoisotopic (exact) mass is 700 g/mol. The quantitative estimate of drug-likeness (QED) is 0.0596. The Labute approximate surface area is 294 Å². The van der Waals surface area contributed by atoms with Crippen LogP contribution in [-0.2, 0) is 14.3 Å². The van der Waals surface area contributed by atoms with Gasteiger partial charge >= 0.3 is 18.0 Å². The van der Waals surface area contributed by atoms with Gasteiger partial charge in [0.15, 0.2) is 5.69 Å². The summed E-state index contributed by atoms with van der Waals surface area (Å²) in [7, 11) is 1.42. The van der Waals surface area contributed by atoms with E-state index in [0.717, 1.165) is 12.8 Å². The number of amidine groups is 1. The highest BCUT2D eigenvalue weighted by Gasteiger charge is 2.26. The van der Waals surface area contributed by atoms with Gasteiger partial charge < -0.3 is 35.7 Å². The molecule has 1 aliphatic rings. The molecule has 1 saturated carbocycles. The van der Waals surface area contributed by atoms with Crippen molar-refractivity contribution >= 4 is 47.4 Å². The van der Waals surface area contributed by atoms with Gasteiger partial charge in [-0.15, -0.1) is 0 Å². The number of benzene rings is 2. The molecule has 0 bridgehead atoms. The number of carboxylic acid groups (broad SMARTS) is 1. The van der Waals surface area contributed by atoms with Crippen molar-refractivity contribution in [2.24, 2.45) is 17.6 Å². The average Bonchev–Trinajstić information content (AvgIpc) is 3.94. The molecule has 15 heteroatoms. The molecule has 1 aromatic heterocycles. The molecule has 1 heterocycles. The lowest BCUT2D eigenvalue weighted by atomic mass is 9.94. The fraction of sp³-hybridized carbons (Fsp3) is 0.306. The molecular weight excluding hydrogens is 660 g/mol. The fourth-order valence-corrected chi connectivity index (χ4v) is 4.77. The zero-order valence-electron chi connectivity index (χ0n) is 28.6. The standard InChI is InChI=1S/C36H40N6O9/c1-6-21-15-26(25(16-28(21)49-5)24-13-14-27(41-30(24)34(45)46)33(44)39-17-20-7-8-20)32(43)40-23-11-9-22(10-12-23)31(38)42-36(48)51-19(4)50-35(47)29(37)18(2)3/h6,9-16,18-20,29H,1,7-8,17,37H2,2-5H3,(H,39,44)(H,40,43)(H,45,46)(H2,38,42,48). The van der Waals surface area contributed by atoms with Crippen molar-refractivity contribution in [3.63, 3.8) is 0 Å². The van der Waals surface area contributed by atoms with E-state index in [2.05, 4.69) is 27.5 Å². The Morgan fingerprint density at radius 3 is 2.29 bits per heavy atom. The summed E-state index contributed by atoms with van der Waals surface area (Å²) in [5.41, 5.74) is 6.58. The highest BCUT2D eigenvalue weighted by atomic mass is 16.7. The number of aromatic carboxylic acids is 1. The summed E-state index contributed by atoms with van der Waals surface area (Å²) in [6.07, 6.45) is 1.24. The van der Waals surface area contributed by atoms with E-state index in [0.29, 0.717) is 29.5 Å². The molecule has 0 aliphatic heterocycles. The minimum absolute atomic E-state index is 0.0614. The molecule has 0 spiro atoms. The van der Waals surface area contributed by atoms with E-state index in [1.807, 2.05) is 0 Å². The summed E-state index contributed by atoms with van der Waals surface area (Å²) in [6.45, 7) is 9.07. The van der Waals surface area contributed by atoms with Crippen LogP contribution in [0.5, 0.6) is 5.75 Å². The minimum Gasteiger partial charge on any atom is -0.496 e. The topological polar surface area (TPSA) is 232 Å². The van der Waals surface area contributed by atoms with Crippen LogP contribution >= 0.6 is 0 Å². The van der Waals surface area contributed by atoms with Crippen molar-refractivity contribution in [1.82, 2.24) is 15.6 Å². The van der Waals surface area contributed by atoms with E-state index < -0.39 is 47.9 Å². The van der Waals surface area contributed by atoms with E-state index in [4.69, 9.17) is 25.4 Å². The number of carboxylic acids is 1. The number of nitrogens with zero attached hydrogens (tertiary/aromatic N) is 1. The first kappa shape index (κ1) is 37.7. The predicted octanol–water partition coefficient (Wildman–Crippen LogP) is 4.41. The van der Waals surface area contributed by atoms with E-state index in [9.17, 15) is 29.1 Å². The third kappa shape index (κ3) is 9.76. The predicted molar refractivity (Wildman–Crippen MR) is 188 cm³/mol. The fourth-order valence-electron chi connectivity index (χ4n) is 4.77. The molecule has 3 amide bonds. The zero-order chi connectivity index (χ0) is 37.4. The number of hydrogen-bond donors (Lipinski definition) is 6. The van der Waals surface area contributed by atoms with Crippen LogP contribution in [0, 0.1) is 17.2 Å². The number of alkyl carbamates (subject to hydrolysis) is 1. The molecule has 0 saturated heterocycles. The number of methoxy groups -OCH3 is 1. The van der Waals surface area contributed by atoms with Crippen LogP contribution < -0.4 is 26.4 Å². The van der Waals surface area contributed by atoms with E-state index >= 15 is 0 Å². The second-order valence-corrected chi connectivity index (χ2v) is 12.1. The average molecular weight is 701 g/mol. The third-order valence-corrected chi connectivity index (χ3v) is 7.91. The summed E-state index contributed by atoms with van der Waals surface area (Å²) in [4.78, 5) is 67.2. The number of carbonyl (C=O) groups is 5. The van der Waals surface area contributed by atoms with Gasteiger partial charge in [-0.05, 0) is 73.2 Å². The van der Waals surface area contributed by atoms with Crippen molar-refractivity contribution in [2.45, 2.75) is 45.9 Å². The first-order valence-electron chi connectivity index (χ1n) is 16.0. The summed E-state index contributed by atoms with van der Waals surface area (Å²) in [6, 6.07) is 10.8. The Balaban J connectivity index is 1.51. The number of rotatable bonds is 14. The molecule has 15 nitrogen and oxygen atoms in total. The maximum Gasteiger partial charge on any atom is 0.415 e. The van der Waals surface area contributed by atoms with Gasteiger partial charge in [0.1, 0.15) is 23.3 Å². The number of aromatic nitrogens is 1. The summed E-state index contributed by atoms with van der Waals surface area (Å²) in [5, 5.41) is 26.1. The summed E-state index contributed by atoms with van der Waals surface area (Å²) < 4.78 is 15.5. The van der Waals surface area contributed by atoms with Crippen molar-refractivity contribution in [3.8, 4) is 16.9 Å². The highest BCUT2D eigenvalue weighted by Crippen LogP contribution is 2.34. The van der Waals surface area contributed by atoms with E-state index in [1.165, 1.54) is 68.6 Å². The molecule has 7 N–H and O–H groups in total. The van der Waals surface area contributed by atoms with Crippen molar-refractivity contribution in [1.29, 1.82) is 5.41 Å². The Bertz CT molecular complexity index is 1850. The summed E-state index contributed by atoms with van der Waals surface area (Å²) in [5.74, 6) is -3.04. The molecule has 268 valence electrons. The molecule has 3 aromatic rings. The van der Waals surface area contributed by atoms with Crippen LogP contribution in [0.3, 0.4) is 0 Å². The smallest absolute Gasteiger partial charge is 0.415 e. The molecular formula is C36H40N6O9. The van der Waals surface area contributed by atoms with Gasteiger partial charge in [0, 0.05) is 47.0 Å². The molecule has 51 heavy (non-hydrogen) atoms. The maximum absolute atomic E-state index is 13.7. The molecule has 2 atom stereocenters. The second kappa shape index (κ2) is 16.5.